The maximum absolute atomic E-state index is 14.0. The molecule has 4 aromatic rings. The number of fused-ring (bicyclic) bond motifs is 2. The maximum Gasteiger partial charge on any atom is 0.287 e. The summed E-state index contributed by atoms with van der Waals surface area (Å²) in [5.74, 6) is -0.244. The Morgan fingerprint density at radius 3 is 2.85 bits per heavy atom. The number of imidazole rings is 1. The monoisotopic (exact) mass is 428 g/mol. The lowest BCUT2D eigenvalue weighted by Gasteiger charge is -2.06. The van der Waals surface area contributed by atoms with Crippen molar-refractivity contribution in [3.8, 4) is 0 Å². The third kappa shape index (κ3) is 3.23. The van der Waals surface area contributed by atoms with E-state index < -0.39 is 0 Å². The molecule has 2 aromatic carbocycles. The van der Waals surface area contributed by atoms with Crippen molar-refractivity contribution >= 4 is 43.8 Å². The highest BCUT2D eigenvalue weighted by molar-refractivity contribution is 9.10. The molecule has 7 heteroatoms. The molecule has 2 aromatic heterocycles. The van der Waals surface area contributed by atoms with E-state index in [1.54, 1.807) is 6.07 Å². The van der Waals surface area contributed by atoms with Crippen LogP contribution in [0.5, 0.6) is 0 Å². The van der Waals surface area contributed by atoms with Crippen molar-refractivity contribution in [1.82, 2.24) is 20.3 Å². The normalized spacial score (nSPS) is 11.4. The Morgan fingerprint density at radius 2 is 2.04 bits per heavy atom. The Balaban J connectivity index is 1.51. The predicted molar refractivity (Wildman–Crippen MR) is 108 cm³/mol. The summed E-state index contributed by atoms with van der Waals surface area (Å²) in [6, 6.07) is 8.86. The molecule has 0 atom stereocenters. The van der Waals surface area contributed by atoms with Crippen LogP contribution < -0.4 is 5.32 Å². The number of aryl methyl sites for hydroxylation is 2. The number of hydrogen-bond donors (Lipinski definition) is 3. The first-order valence-corrected chi connectivity index (χ1v) is 9.43. The van der Waals surface area contributed by atoms with Crippen molar-refractivity contribution in [2.45, 2.75) is 20.3 Å². The molecular weight excluding hydrogens is 411 g/mol. The zero-order valence-electron chi connectivity index (χ0n) is 14.9. The molecule has 3 N–H and O–H groups in total. The average molecular weight is 429 g/mol. The van der Waals surface area contributed by atoms with Gasteiger partial charge in [0.25, 0.3) is 5.91 Å². The van der Waals surface area contributed by atoms with E-state index in [4.69, 9.17) is 0 Å². The van der Waals surface area contributed by atoms with E-state index in [1.807, 2.05) is 32.0 Å². The highest BCUT2D eigenvalue weighted by Crippen LogP contribution is 2.27. The number of amides is 1. The minimum absolute atomic E-state index is 0.261. The number of aromatic nitrogens is 3. The Labute approximate surface area is 163 Å². The quantitative estimate of drug-likeness (QED) is 0.446. The number of carbonyl (C=O) groups is 1. The molecule has 0 saturated carbocycles. The van der Waals surface area contributed by atoms with Crippen molar-refractivity contribution in [1.29, 1.82) is 0 Å². The van der Waals surface area contributed by atoms with Crippen LogP contribution in [0.1, 0.15) is 27.4 Å². The smallest absolute Gasteiger partial charge is 0.287 e. The number of hydrogen-bond acceptors (Lipinski definition) is 2. The highest BCUT2D eigenvalue weighted by atomic mass is 79.9. The molecule has 1 amide bonds. The van der Waals surface area contributed by atoms with Crippen molar-refractivity contribution in [3.63, 3.8) is 0 Å². The Bertz CT molecular complexity index is 1180. The molecule has 4 rings (SSSR count). The molecule has 0 fully saturated rings. The van der Waals surface area contributed by atoms with Crippen LogP contribution in [0.4, 0.5) is 4.39 Å². The lowest BCUT2D eigenvalue weighted by atomic mass is 10.0. The first-order valence-electron chi connectivity index (χ1n) is 8.64. The van der Waals surface area contributed by atoms with Gasteiger partial charge < -0.3 is 15.3 Å². The molecule has 5 nitrogen and oxygen atoms in total. The van der Waals surface area contributed by atoms with E-state index in [0.29, 0.717) is 18.5 Å². The van der Waals surface area contributed by atoms with Gasteiger partial charge in [-0.15, -0.1) is 0 Å². The third-order valence-corrected chi connectivity index (χ3v) is 5.24. The van der Waals surface area contributed by atoms with E-state index in [-0.39, 0.29) is 17.5 Å². The largest absolute Gasteiger partial charge is 0.356 e. The molecule has 0 bridgehead atoms. The minimum Gasteiger partial charge on any atom is -0.356 e. The highest BCUT2D eigenvalue weighted by Gasteiger charge is 2.15. The van der Waals surface area contributed by atoms with Crippen LogP contribution in [-0.4, -0.2) is 27.4 Å². The topological polar surface area (TPSA) is 73.6 Å². The van der Waals surface area contributed by atoms with Gasteiger partial charge in [0.15, 0.2) is 5.82 Å². The predicted octanol–water partition coefficient (Wildman–Crippen LogP) is 4.54. The fourth-order valence-electron chi connectivity index (χ4n) is 3.43. The SMILES string of the molecule is Cc1[nH]c2c(F)ccc(C)c2c1CCNC(=O)c1nc2ccc(Br)cc2[nH]1. The summed E-state index contributed by atoms with van der Waals surface area (Å²) in [5.41, 5.74) is 5.02. The molecule has 0 aliphatic carbocycles. The maximum atomic E-state index is 14.0. The summed E-state index contributed by atoms with van der Waals surface area (Å²) in [5, 5.41) is 3.79. The molecule has 2 heterocycles. The fourth-order valence-corrected chi connectivity index (χ4v) is 3.79. The third-order valence-electron chi connectivity index (χ3n) is 4.75. The lowest BCUT2D eigenvalue weighted by molar-refractivity contribution is 0.0945. The summed E-state index contributed by atoms with van der Waals surface area (Å²) in [6.45, 7) is 4.32. The summed E-state index contributed by atoms with van der Waals surface area (Å²) < 4.78 is 15.0. The second-order valence-corrected chi connectivity index (χ2v) is 7.51. The molecule has 27 heavy (non-hydrogen) atoms. The molecular formula is C20H18BrFN4O. The second-order valence-electron chi connectivity index (χ2n) is 6.60. The Morgan fingerprint density at radius 1 is 1.22 bits per heavy atom. The van der Waals surface area contributed by atoms with Crippen molar-refractivity contribution in [2.24, 2.45) is 0 Å². The Kier molecular flexibility index (Phi) is 4.47. The van der Waals surface area contributed by atoms with E-state index in [9.17, 15) is 9.18 Å². The number of benzene rings is 2. The summed E-state index contributed by atoms with van der Waals surface area (Å²) in [4.78, 5) is 22.9. The van der Waals surface area contributed by atoms with Crippen LogP contribution in [0.15, 0.2) is 34.8 Å². The van der Waals surface area contributed by atoms with Crippen LogP contribution in [0.3, 0.4) is 0 Å². The van der Waals surface area contributed by atoms with Crippen LogP contribution >= 0.6 is 15.9 Å². The van der Waals surface area contributed by atoms with Gasteiger partial charge in [-0.3, -0.25) is 4.79 Å². The summed E-state index contributed by atoms with van der Waals surface area (Å²) in [7, 11) is 0. The van der Waals surface area contributed by atoms with Crippen molar-refractivity contribution < 1.29 is 9.18 Å². The number of nitrogens with zero attached hydrogens (tertiary/aromatic N) is 1. The van der Waals surface area contributed by atoms with Gasteiger partial charge in [-0.25, -0.2) is 9.37 Å². The van der Waals surface area contributed by atoms with E-state index in [2.05, 4.69) is 36.2 Å². The number of rotatable bonds is 4. The van der Waals surface area contributed by atoms with Gasteiger partial charge >= 0.3 is 0 Å². The van der Waals surface area contributed by atoms with Gasteiger partial charge in [-0.1, -0.05) is 22.0 Å². The Hall–Kier alpha value is -2.67. The van der Waals surface area contributed by atoms with Crippen LogP contribution in [0, 0.1) is 19.7 Å². The van der Waals surface area contributed by atoms with Gasteiger partial charge in [0.2, 0.25) is 0 Å². The van der Waals surface area contributed by atoms with Crippen LogP contribution in [-0.2, 0) is 6.42 Å². The first kappa shape index (κ1) is 17.7. The molecule has 0 saturated heterocycles. The molecule has 0 radical (unpaired) electrons. The number of aromatic amines is 2. The number of halogens is 2. The standard InChI is InChI=1S/C20H18BrFN4O/c1-10-3-5-14(22)18-17(10)13(11(2)24-18)7-8-23-20(27)19-25-15-6-4-12(21)9-16(15)26-19/h3-6,9,24H,7-8H2,1-2H3,(H,23,27)(H,25,26). The van der Waals surface area contributed by atoms with E-state index in [1.165, 1.54) is 6.07 Å². The zero-order chi connectivity index (χ0) is 19.1. The van der Waals surface area contributed by atoms with Crippen LogP contribution in [0.25, 0.3) is 21.9 Å². The molecule has 0 aliphatic heterocycles. The number of carbonyl (C=O) groups excluding carboxylic acids is 1. The molecule has 138 valence electrons. The fraction of sp³-hybridized carbons (Fsp3) is 0.200. The zero-order valence-corrected chi connectivity index (χ0v) is 16.5. The number of nitrogens with one attached hydrogen (secondary N) is 3. The second kappa shape index (κ2) is 6.81. The van der Waals surface area contributed by atoms with E-state index in [0.717, 1.165) is 37.7 Å². The molecule has 0 aliphatic rings. The lowest BCUT2D eigenvalue weighted by Crippen LogP contribution is -2.26. The van der Waals surface area contributed by atoms with Gasteiger partial charge in [-0.2, -0.15) is 0 Å². The first-order chi connectivity index (χ1) is 12.9. The average Bonchev–Trinajstić information content (AvgIpc) is 3.20. The van der Waals surface area contributed by atoms with Crippen molar-refractivity contribution in [2.75, 3.05) is 6.54 Å². The number of H-pyrrole nitrogens is 2. The van der Waals surface area contributed by atoms with Gasteiger partial charge in [-0.05, 0) is 55.7 Å². The molecule has 0 spiro atoms. The van der Waals surface area contributed by atoms with Gasteiger partial charge in [0.1, 0.15) is 5.82 Å². The van der Waals surface area contributed by atoms with Gasteiger partial charge in [0.05, 0.1) is 16.6 Å². The van der Waals surface area contributed by atoms with Crippen LogP contribution in [0.2, 0.25) is 0 Å². The minimum atomic E-state index is -0.262. The molecule has 0 unspecified atom stereocenters. The summed E-state index contributed by atoms with van der Waals surface area (Å²) in [6.07, 6.45) is 0.605. The van der Waals surface area contributed by atoms with E-state index >= 15 is 0 Å². The van der Waals surface area contributed by atoms with Gasteiger partial charge in [0, 0.05) is 22.1 Å². The van der Waals surface area contributed by atoms with Crippen molar-refractivity contribution in [3.05, 3.63) is 63.3 Å². The summed E-state index contributed by atoms with van der Waals surface area (Å²) >= 11 is 3.40.